The maximum Gasteiger partial charge on any atom is 0.311 e. The predicted molar refractivity (Wildman–Crippen MR) is 58.1 cm³/mol. The molecule has 0 atom stereocenters. The summed E-state index contributed by atoms with van der Waals surface area (Å²) in [7, 11) is 1.52. The van der Waals surface area contributed by atoms with Gasteiger partial charge in [-0.15, -0.1) is 0 Å². The largest absolute Gasteiger partial charge is 0.494 e. The monoisotopic (exact) mass is 240 g/mol. The molecule has 0 aliphatic heterocycles. The second kappa shape index (κ2) is 4.02. The zero-order chi connectivity index (χ0) is 11.7. The van der Waals surface area contributed by atoms with Gasteiger partial charge in [0.05, 0.1) is 7.11 Å². The number of imidazole rings is 1. The summed E-state index contributed by atoms with van der Waals surface area (Å²) >= 11 is 5.94. The number of hydrogen-bond donors (Lipinski definition) is 1. The van der Waals surface area contributed by atoms with E-state index in [1.807, 2.05) is 0 Å². The quantitative estimate of drug-likeness (QED) is 0.886. The lowest BCUT2D eigenvalue weighted by atomic mass is 10.3. The van der Waals surface area contributed by atoms with Crippen molar-refractivity contribution in [3.05, 3.63) is 29.3 Å². The van der Waals surface area contributed by atoms with Crippen molar-refractivity contribution in [2.45, 2.75) is 6.42 Å². The fraction of sp³-hybridized carbons (Fsp3) is 0.200. The number of carboxylic acid groups (broad SMARTS) is 1. The van der Waals surface area contributed by atoms with E-state index in [1.54, 1.807) is 22.7 Å². The van der Waals surface area contributed by atoms with Gasteiger partial charge in [0.1, 0.15) is 23.5 Å². The number of carbonyl (C=O) groups is 1. The van der Waals surface area contributed by atoms with Gasteiger partial charge in [0.15, 0.2) is 5.15 Å². The van der Waals surface area contributed by atoms with E-state index in [0.29, 0.717) is 17.1 Å². The van der Waals surface area contributed by atoms with Crippen molar-refractivity contribution in [3.8, 4) is 5.75 Å². The molecular formula is C10H9ClN2O3. The summed E-state index contributed by atoms with van der Waals surface area (Å²) < 4.78 is 6.75. The number of aliphatic carboxylic acids is 1. The summed E-state index contributed by atoms with van der Waals surface area (Å²) in [6.45, 7) is 0. The Morgan fingerprint density at radius 3 is 3.06 bits per heavy atom. The van der Waals surface area contributed by atoms with Gasteiger partial charge in [-0.25, -0.2) is 4.98 Å². The predicted octanol–water partition coefficient (Wildman–Crippen LogP) is 1.62. The summed E-state index contributed by atoms with van der Waals surface area (Å²) in [5.74, 6) is -0.00516. The van der Waals surface area contributed by atoms with Crippen molar-refractivity contribution in [2.75, 3.05) is 7.11 Å². The number of aromatic nitrogens is 2. The molecule has 0 aliphatic rings. The highest BCUT2D eigenvalue weighted by Gasteiger charge is 2.15. The van der Waals surface area contributed by atoms with Crippen LogP contribution in [0.15, 0.2) is 18.3 Å². The van der Waals surface area contributed by atoms with E-state index >= 15 is 0 Å². The van der Waals surface area contributed by atoms with Gasteiger partial charge < -0.3 is 9.84 Å². The molecule has 0 radical (unpaired) electrons. The Morgan fingerprint density at radius 1 is 1.69 bits per heavy atom. The van der Waals surface area contributed by atoms with Gasteiger partial charge in [0.2, 0.25) is 0 Å². The molecule has 0 aliphatic carbocycles. The van der Waals surface area contributed by atoms with Gasteiger partial charge in [-0.1, -0.05) is 11.6 Å². The molecule has 0 saturated carbocycles. The van der Waals surface area contributed by atoms with Crippen LogP contribution in [-0.2, 0) is 11.2 Å². The third-order valence-corrected chi connectivity index (χ3v) is 2.45. The summed E-state index contributed by atoms with van der Waals surface area (Å²) in [5.41, 5.74) is 0.586. The van der Waals surface area contributed by atoms with Crippen LogP contribution in [0.2, 0.25) is 5.15 Å². The molecule has 0 aromatic carbocycles. The molecule has 84 valence electrons. The van der Waals surface area contributed by atoms with E-state index in [4.69, 9.17) is 21.4 Å². The number of nitrogens with zero attached hydrogens (tertiary/aromatic N) is 2. The zero-order valence-electron chi connectivity index (χ0n) is 8.48. The Kier molecular flexibility index (Phi) is 2.70. The van der Waals surface area contributed by atoms with E-state index in [-0.39, 0.29) is 11.6 Å². The van der Waals surface area contributed by atoms with Crippen LogP contribution in [0.25, 0.3) is 5.52 Å². The zero-order valence-corrected chi connectivity index (χ0v) is 9.23. The molecule has 0 spiro atoms. The van der Waals surface area contributed by atoms with Crippen LogP contribution in [-0.4, -0.2) is 27.6 Å². The van der Waals surface area contributed by atoms with Gasteiger partial charge in [0, 0.05) is 6.20 Å². The van der Waals surface area contributed by atoms with Crippen LogP contribution < -0.4 is 4.74 Å². The molecule has 2 aromatic rings. The minimum Gasteiger partial charge on any atom is -0.494 e. The second-order valence-electron chi connectivity index (χ2n) is 3.18. The summed E-state index contributed by atoms with van der Waals surface area (Å²) in [5, 5.41) is 8.98. The standard InChI is InChI=1S/C10H9ClN2O3/c1-16-6-3-2-4-13-7(5-8(14)15)12-10(11)9(6)13/h2-4H,5H2,1H3,(H,14,15). The highest BCUT2D eigenvalue weighted by atomic mass is 35.5. The lowest BCUT2D eigenvalue weighted by Crippen LogP contribution is -2.04. The van der Waals surface area contributed by atoms with Crippen molar-refractivity contribution < 1.29 is 14.6 Å². The Balaban J connectivity index is 2.66. The van der Waals surface area contributed by atoms with E-state index < -0.39 is 5.97 Å². The van der Waals surface area contributed by atoms with Crippen LogP contribution in [0, 0.1) is 0 Å². The number of halogens is 1. The number of ether oxygens (including phenoxy) is 1. The first kappa shape index (κ1) is 10.8. The highest BCUT2D eigenvalue weighted by molar-refractivity contribution is 6.33. The van der Waals surface area contributed by atoms with Crippen LogP contribution in [0.4, 0.5) is 0 Å². The molecule has 0 saturated heterocycles. The number of hydrogen-bond acceptors (Lipinski definition) is 3. The smallest absolute Gasteiger partial charge is 0.311 e. The SMILES string of the molecule is COc1cccn2c(CC(=O)O)nc(Cl)c12. The number of methoxy groups -OCH3 is 1. The third-order valence-electron chi connectivity index (χ3n) is 2.19. The molecule has 5 nitrogen and oxygen atoms in total. The molecule has 2 rings (SSSR count). The van der Waals surface area contributed by atoms with Crippen molar-refractivity contribution >= 4 is 23.1 Å². The maximum absolute atomic E-state index is 10.6. The first-order valence-electron chi connectivity index (χ1n) is 4.54. The average molecular weight is 241 g/mol. The number of rotatable bonds is 3. The molecule has 2 aromatic heterocycles. The average Bonchev–Trinajstić information content (AvgIpc) is 2.55. The van der Waals surface area contributed by atoms with Gasteiger partial charge in [0.25, 0.3) is 0 Å². The van der Waals surface area contributed by atoms with E-state index in [9.17, 15) is 4.79 Å². The van der Waals surface area contributed by atoms with Crippen LogP contribution in [0.1, 0.15) is 5.82 Å². The van der Waals surface area contributed by atoms with Crippen LogP contribution in [0.3, 0.4) is 0 Å². The Hall–Kier alpha value is -1.75. The van der Waals surface area contributed by atoms with E-state index in [0.717, 1.165) is 0 Å². The minimum absolute atomic E-state index is 0.180. The lowest BCUT2D eigenvalue weighted by Gasteiger charge is -2.03. The molecule has 6 heteroatoms. The minimum atomic E-state index is -0.952. The van der Waals surface area contributed by atoms with Gasteiger partial charge in [-0.05, 0) is 12.1 Å². The third kappa shape index (κ3) is 1.69. The van der Waals surface area contributed by atoms with Crippen molar-refractivity contribution in [1.29, 1.82) is 0 Å². The van der Waals surface area contributed by atoms with E-state index in [2.05, 4.69) is 4.98 Å². The van der Waals surface area contributed by atoms with Gasteiger partial charge >= 0.3 is 5.97 Å². The molecule has 0 unspecified atom stereocenters. The highest BCUT2D eigenvalue weighted by Crippen LogP contribution is 2.27. The van der Waals surface area contributed by atoms with Crippen molar-refractivity contribution in [1.82, 2.24) is 9.38 Å². The number of pyridine rings is 1. The summed E-state index contributed by atoms with van der Waals surface area (Å²) in [6.07, 6.45) is 1.52. The van der Waals surface area contributed by atoms with Crippen LogP contribution >= 0.6 is 11.6 Å². The van der Waals surface area contributed by atoms with E-state index in [1.165, 1.54) is 7.11 Å². The molecule has 1 N–H and O–H groups in total. The number of fused-ring (bicyclic) bond motifs is 1. The van der Waals surface area contributed by atoms with Gasteiger partial charge in [-0.2, -0.15) is 0 Å². The molecule has 0 amide bonds. The summed E-state index contributed by atoms with van der Waals surface area (Å²) in [4.78, 5) is 14.7. The van der Waals surface area contributed by atoms with Crippen molar-refractivity contribution in [3.63, 3.8) is 0 Å². The fourth-order valence-electron chi connectivity index (χ4n) is 1.55. The second-order valence-corrected chi connectivity index (χ2v) is 3.54. The lowest BCUT2D eigenvalue weighted by molar-refractivity contribution is -0.136. The molecular weight excluding hydrogens is 232 g/mol. The summed E-state index contributed by atoms with van der Waals surface area (Å²) in [6, 6.07) is 3.49. The maximum atomic E-state index is 10.6. The fourth-order valence-corrected chi connectivity index (χ4v) is 1.83. The molecule has 2 heterocycles. The Morgan fingerprint density at radius 2 is 2.44 bits per heavy atom. The van der Waals surface area contributed by atoms with Crippen LogP contribution in [0.5, 0.6) is 5.75 Å². The first-order chi connectivity index (χ1) is 7.63. The van der Waals surface area contributed by atoms with Gasteiger partial charge in [-0.3, -0.25) is 9.20 Å². The molecule has 0 bridgehead atoms. The van der Waals surface area contributed by atoms with Crippen molar-refractivity contribution in [2.24, 2.45) is 0 Å². The first-order valence-corrected chi connectivity index (χ1v) is 4.92. The Labute approximate surface area is 96.2 Å². The Bertz CT molecular complexity index is 550. The normalized spacial score (nSPS) is 10.6. The molecule has 16 heavy (non-hydrogen) atoms. The molecule has 0 fully saturated rings. The number of carboxylic acids is 1. The topological polar surface area (TPSA) is 63.8 Å².